The SMILES string of the molecule is CCOC(=O)c1ccc(Nc2c(C#N)cnc3c(OC)cccc23)cc1. The van der Waals surface area contributed by atoms with Crippen molar-refractivity contribution in [3.8, 4) is 11.8 Å². The van der Waals surface area contributed by atoms with Crippen molar-refractivity contribution in [3.05, 3.63) is 59.8 Å². The van der Waals surface area contributed by atoms with Gasteiger partial charge in [0, 0.05) is 17.3 Å². The Labute approximate surface area is 151 Å². The number of nitrogens with one attached hydrogen (secondary N) is 1. The lowest BCUT2D eigenvalue weighted by Crippen LogP contribution is -2.04. The van der Waals surface area contributed by atoms with Gasteiger partial charge in [0.25, 0.3) is 0 Å². The number of rotatable bonds is 5. The summed E-state index contributed by atoms with van der Waals surface area (Å²) in [6, 6.07) is 14.6. The van der Waals surface area contributed by atoms with Gasteiger partial charge >= 0.3 is 5.97 Å². The van der Waals surface area contributed by atoms with Crippen molar-refractivity contribution in [1.29, 1.82) is 5.26 Å². The molecule has 0 saturated carbocycles. The molecule has 0 atom stereocenters. The molecule has 0 aliphatic carbocycles. The van der Waals surface area contributed by atoms with Crippen LogP contribution in [-0.2, 0) is 4.74 Å². The van der Waals surface area contributed by atoms with Crippen LogP contribution in [0.3, 0.4) is 0 Å². The van der Waals surface area contributed by atoms with Gasteiger partial charge < -0.3 is 14.8 Å². The fourth-order valence-corrected chi connectivity index (χ4v) is 2.63. The highest BCUT2D eigenvalue weighted by Gasteiger charge is 2.13. The normalized spacial score (nSPS) is 10.2. The van der Waals surface area contributed by atoms with Crippen molar-refractivity contribution < 1.29 is 14.3 Å². The zero-order chi connectivity index (χ0) is 18.5. The van der Waals surface area contributed by atoms with Gasteiger partial charge in [-0.1, -0.05) is 12.1 Å². The summed E-state index contributed by atoms with van der Waals surface area (Å²) in [7, 11) is 1.58. The number of esters is 1. The summed E-state index contributed by atoms with van der Waals surface area (Å²) in [5.41, 5.74) is 2.93. The molecule has 1 N–H and O–H groups in total. The summed E-state index contributed by atoms with van der Waals surface area (Å²) in [5, 5.41) is 13.5. The zero-order valence-corrected chi connectivity index (χ0v) is 14.4. The summed E-state index contributed by atoms with van der Waals surface area (Å²) in [6.45, 7) is 2.09. The second kappa shape index (κ2) is 7.53. The first-order chi connectivity index (χ1) is 12.7. The maximum atomic E-state index is 11.8. The van der Waals surface area contributed by atoms with E-state index in [4.69, 9.17) is 9.47 Å². The molecule has 0 saturated heterocycles. The molecular formula is C20H17N3O3. The number of fused-ring (bicyclic) bond motifs is 1. The third kappa shape index (κ3) is 3.28. The summed E-state index contributed by atoms with van der Waals surface area (Å²) in [4.78, 5) is 16.1. The molecule has 6 nitrogen and oxygen atoms in total. The number of benzene rings is 2. The molecule has 3 rings (SSSR count). The quantitative estimate of drug-likeness (QED) is 0.701. The molecule has 0 aliphatic rings. The Morgan fingerprint density at radius 3 is 2.65 bits per heavy atom. The van der Waals surface area contributed by atoms with Crippen LogP contribution in [0.4, 0.5) is 11.4 Å². The Morgan fingerprint density at radius 1 is 1.23 bits per heavy atom. The first-order valence-electron chi connectivity index (χ1n) is 8.08. The van der Waals surface area contributed by atoms with E-state index in [9.17, 15) is 10.1 Å². The third-order valence-corrected chi connectivity index (χ3v) is 3.87. The van der Waals surface area contributed by atoms with Crippen molar-refractivity contribution in [2.24, 2.45) is 0 Å². The first-order valence-corrected chi connectivity index (χ1v) is 8.08. The minimum Gasteiger partial charge on any atom is -0.494 e. The van der Waals surface area contributed by atoms with E-state index in [-0.39, 0.29) is 5.97 Å². The van der Waals surface area contributed by atoms with Crippen molar-refractivity contribution in [2.75, 3.05) is 19.0 Å². The summed E-state index contributed by atoms with van der Waals surface area (Å²) < 4.78 is 10.3. The fraction of sp³-hybridized carbons (Fsp3) is 0.150. The van der Waals surface area contributed by atoms with Gasteiger partial charge in [-0.05, 0) is 37.3 Å². The van der Waals surface area contributed by atoms with E-state index < -0.39 is 0 Å². The highest BCUT2D eigenvalue weighted by Crippen LogP contribution is 2.33. The van der Waals surface area contributed by atoms with Gasteiger partial charge in [0.2, 0.25) is 0 Å². The van der Waals surface area contributed by atoms with Crippen LogP contribution in [0.1, 0.15) is 22.8 Å². The predicted molar refractivity (Wildman–Crippen MR) is 98.7 cm³/mol. The number of ether oxygens (including phenoxy) is 2. The number of pyridine rings is 1. The zero-order valence-electron chi connectivity index (χ0n) is 14.4. The number of carbonyl (C=O) groups excluding carboxylic acids is 1. The van der Waals surface area contributed by atoms with E-state index in [2.05, 4.69) is 16.4 Å². The fourth-order valence-electron chi connectivity index (χ4n) is 2.63. The van der Waals surface area contributed by atoms with Gasteiger partial charge in [-0.15, -0.1) is 0 Å². The molecular weight excluding hydrogens is 330 g/mol. The molecule has 0 aliphatic heterocycles. The van der Waals surface area contributed by atoms with Crippen LogP contribution in [0.2, 0.25) is 0 Å². The van der Waals surface area contributed by atoms with Crippen LogP contribution < -0.4 is 10.1 Å². The van der Waals surface area contributed by atoms with Gasteiger partial charge in [-0.3, -0.25) is 4.98 Å². The van der Waals surface area contributed by atoms with E-state index in [1.54, 1.807) is 38.3 Å². The predicted octanol–water partition coefficient (Wildman–Crippen LogP) is 4.04. The van der Waals surface area contributed by atoms with Crippen molar-refractivity contribution >= 4 is 28.2 Å². The van der Waals surface area contributed by atoms with E-state index >= 15 is 0 Å². The molecule has 2 aromatic carbocycles. The third-order valence-electron chi connectivity index (χ3n) is 3.87. The summed E-state index contributed by atoms with van der Waals surface area (Å²) in [6.07, 6.45) is 1.51. The highest BCUT2D eigenvalue weighted by molar-refractivity contribution is 5.98. The molecule has 1 aromatic heterocycles. The molecule has 0 amide bonds. The van der Waals surface area contributed by atoms with E-state index in [1.807, 2.05) is 18.2 Å². The Balaban J connectivity index is 2.00. The van der Waals surface area contributed by atoms with Gasteiger partial charge in [-0.25, -0.2) is 4.79 Å². The van der Waals surface area contributed by atoms with E-state index in [0.717, 1.165) is 11.1 Å². The average Bonchev–Trinajstić information content (AvgIpc) is 2.68. The summed E-state index contributed by atoms with van der Waals surface area (Å²) >= 11 is 0. The number of aromatic nitrogens is 1. The molecule has 26 heavy (non-hydrogen) atoms. The Kier molecular flexibility index (Phi) is 4.99. The van der Waals surface area contributed by atoms with Crippen molar-refractivity contribution in [3.63, 3.8) is 0 Å². The number of nitriles is 1. The molecule has 1 heterocycles. The number of nitrogens with zero attached hydrogens (tertiary/aromatic N) is 2. The highest BCUT2D eigenvalue weighted by atomic mass is 16.5. The molecule has 0 spiro atoms. The maximum absolute atomic E-state index is 11.8. The number of hydrogen-bond acceptors (Lipinski definition) is 6. The standard InChI is InChI=1S/C20H17N3O3/c1-3-26-20(24)13-7-9-15(10-8-13)23-18-14(11-21)12-22-19-16(18)5-4-6-17(19)25-2/h4-10,12H,3H2,1-2H3,(H,22,23). The van der Waals surface area contributed by atoms with E-state index in [1.165, 1.54) is 6.20 Å². The largest absolute Gasteiger partial charge is 0.494 e. The van der Waals surface area contributed by atoms with Crippen LogP contribution in [0.15, 0.2) is 48.7 Å². The second-order valence-electron chi connectivity index (χ2n) is 5.44. The number of anilines is 2. The second-order valence-corrected chi connectivity index (χ2v) is 5.44. The van der Waals surface area contributed by atoms with Crippen molar-refractivity contribution in [1.82, 2.24) is 4.98 Å². The molecule has 3 aromatic rings. The number of methoxy groups -OCH3 is 1. The Hall–Kier alpha value is -3.59. The smallest absolute Gasteiger partial charge is 0.338 e. The number of carbonyl (C=O) groups is 1. The maximum Gasteiger partial charge on any atom is 0.338 e. The molecule has 130 valence electrons. The van der Waals surface area contributed by atoms with Crippen LogP contribution in [-0.4, -0.2) is 24.7 Å². The molecule has 0 bridgehead atoms. The molecule has 0 radical (unpaired) electrons. The monoisotopic (exact) mass is 347 g/mol. The topological polar surface area (TPSA) is 84.2 Å². The van der Waals surface area contributed by atoms with Crippen LogP contribution in [0, 0.1) is 11.3 Å². The van der Waals surface area contributed by atoms with Gasteiger partial charge in [0.1, 0.15) is 17.3 Å². The van der Waals surface area contributed by atoms with Crippen LogP contribution in [0.5, 0.6) is 5.75 Å². The average molecular weight is 347 g/mol. The lowest BCUT2D eigenvalue weighted by Gasteiger charge is -2.13. The minimum absolute atomic E-state index is 0.329. The number of hydrogen-bond donors (Lipinski definition) is 1. The van der Waals surface area contributed by atoms with Gasteiger partial charge in [0.15, 0.2) is 0 Å². The lowest BCUT2D eigenvalue weighted by molar-refractivity contribution is 0.0526. The minimum atomic E-state index is -0.365. The van der Waals surface area contributed by atoms with Crippen molar-refractivity contribution in [2.45, 2.75) is 6.92 Å². The van der Waals surface area contributed by atoms with Gasteiger partial charge in [-0.2, -0.15) is 5.26 Å². The Bertz CT molecular complexity index is 992. The van der Waals surface area contributed by atoms with Crippen LogP contribution in [0.25, 0.3) is 10.9 Å². The molecule has 0 unspecified atom stereocenters. The molecule has 6 heteroatoms. The lowest BCUT2D eigenvalue weighted by atomic mass is 10.1. The number of para-hydroxylation sites is 1. The van der Waals surface area contributed by atoms with Crippen LogP contribution >= 0.6 is 0 Å². The molecule has 0 fully saturated rings. The first kappa shape index (κ1) is 17.2. The summed E-state index contributed by atoms with van der Waals surface area (Å²) in [5.74, 6) is 0.267. The Morgan fingerprint density at radius 2 is 2.00 bits per heavy atom. The van der Waals surface area contributed by atoms with Gasteiger partial charge in [0.05, 0.1) is 30.5 Å². The van der Waals surface area contributed by atoms with E-state index in [0.29, 0.717) is 34.7 Å².